The summed E-state index contributed by atoms with van der Waals surface area (Å²) < 4.78 is 271. The van der Waals surface area contributed by atoms with E-state index in [1.54, 1.807) is 0 Å². The largest absolute Gasteiger partial charge is 0.748 e. The molecule has 768 valence electrons. The summed E-state index contributed by atoms with van der Waals surface area (Å²) >= 11 is 0. The number of carbonyl (C=O) groups is 12. The van der Waals surface area contributed by atoms with E-state index in [-0.39, 0.29) is 184 Å². The number of halogens is 9. The number of Topliss-reactive ketones (excluding diaryl/α,β-unsaturated/α-hetero) is 3. The Morgan fingerprint density at radius 3 is 1.22 bits per heavy atom. The number of hydrogen-bond donors (Lipinski definition) is 0. The number of ketones is 3. The lowest BCUT2D eigenvalue weighted by atomic mass is 9.43. The smallest absolute Gasteiger partial charge is 0.429 e. The minimum absolute atomic E-state index is 0.0256. The molecule has 0 aromatic rings. The number of esters is 6. The maximum Gasteiger partial charge on any atom is 0.429 e. The molecule has 0 saturated heterocycles. The predicted molar refractivity (Wildman–Crippen MR) is 453 cm³/mol. The molecule has 12 aliphatic rings. The van der Waals surface area contributed by atoms with Gasteiger partial charge in [0.2, 0.25) is 16.8 Å². The standard InChI is InChI=1S/C34H51F3O11S.C31H45F3O11S.C28H39F3O8S/c1-18(8-11-29(41)48-32(6,34(35,36)37)17-49(42,43)44)24-9-10-25-30-26(16-28(33(24,25)7)47-21(4)40)31(5)13-12-23(45-19(2)38)14-22(31)15-27(30)46-20(3)39;1-18(5-8-26(38)45-29(3,31(32,33)34)14-46(39,40)41)21-6-7-22-27-23(13-25(44-17-37)30(21,22)4)28(2)10-9-20(42-15-35)11-19(28)12-24(27)43-16-36;1-15(5-8-23(35)39-26(3,28(29,30)31)14-40(36,37)38)18-6-7-19-24-20(13-22(34)27(18,19)4)25(2)10-9-17(32)11-16(25)12-21(24)33/h18,22-28,30H,8-17H2,1-7H3,(H,42,43,44);15-25,27H,5-14H2,1-4H3,(H,39,40,41);15-16,18-20,24H,5-14H2,1-4H3,(H,36,37,38)/p-3/t18-,22?,23?,24-,25+,26+,27?,28?,30+,31+,32?,33-;18-,19?,20?,21-,22+,23+,24?,25?,27+,28+,29?,30-;15-,16?,18-,19+,20+,24+,25+,26?,27-/m111/s1. The van der Waals surface area contributed by atoms with Crippen LogP contribution in [0.1, 0.15) is 277 Å². The zero-order chi connectivity index (χ0) is 101. The molecule has 12 unspecified atom stereocenters. The monoisotopic (exact) mass is 2000 g/mol. The molecule has 0 N–H and O–H groups in total. The lowest BCUT2D eigenvalue weighted by molar-refractivity contribution is -0.256. The fourth-order valence-electron chi connectivity index (χ4n) is 29.3. The Labute approximate surface area is 783 Å². The molecule has 33 atom stereocenters. The third-order valence-electron chi connectivity index (χ3n) is 36.0. The van der Waals surface area contributed by atoms with Crippen molar-refractivity contribution < 1.29 is 179 Å². The summed E-state index contributed by atoms with van der Waals surface area (Å²) in [6.45, 7) is 24.7. The number of fused-ring (bicyclic) bond motifs is 15. The van der Waals surface area contributed by atoms with Gasteiger partial charge in [-0.25, -0.2) is 25.3 Å². The van der Waals surface area contributed by atoms with Gasteiger partial charge >= 0.3 is 54.3 Å². The average molecular weight is 2000 g/mol. The summed E-state index contributed by atoms with van der Waals surface area (Å²) in [5, 5.41) is 0. The molecule has 12 fully saturated rings. The van der Waals surface area contributed by atoms with Gasteiger partial charge < -0.3 is 56.3 Å². The minimum Gasteiger partial charge on any atom is -0.748 e. The van der Waals surface area contributed by atoms with E-state index >= 15 is 0 Å². The maximum absolute atomic E-state index is 13.8. The molecule has 12 rings (SSSR count). The Morgan fingerprint density at radius 2 is 0.800 bits per heavy atom. The molecule has 0 radical (unpaired) electrons. The van der Waals surface area contributed by atoms with E-state index in [2.05, 4.69) is 41.9 Å². The Hall–Kier alpha value is -6.66. The van der Waals surface area contributed by atoms with Crippen LogP contribution >= 0.6 is 0 Å². The van der Waals surface area contributed by atoms with E-state index in [9.17, 15) is 136 Å². The molecule has 0 spiro atoms. The van der Waals surface area contributed by atoms with Crippen molar-refractivity contribution in [1.29, 1.82) is 0 Å². The predicted octanol–water partition coefficient (Wildman–Crippen LogP) is 14.2. The first-order valence-electron chi connectivity index (χ1n) is 47.0. The van der Waals surface area contributed by atoms with Gasteiger partial charge in [0.15, 0.2) is 0 Å². The SMILES string of the molecule is CC(=O)OC1CC[C@@]2(C)C(C1)CC(OC(C)=O)[C@H]1[C@@H]3CC[C@H]([C@H](C)CCC(=O)OC(C)(CS(=O)(=O)[O-])C(F)(F)F)[C@@]3(C)C(OC(C)=O)C[C@@H]12.C[C@H](CCC(=O)OC(C)(CS(=O)(=O)[O-])C(F)(F)F)[C@H]1CC[C@H]2[C@@H]3C(=O)CC4CC(=O)CC[C@]4(C)[C@H]3CC(=O)[C@]12C.C[C@H](CCC(=O)OC(C)(CS(=O)(=O)[O-])C(F)(F)F)[C@H]1CC[C@H]2[C@@H]3C(OC=O)CC4CC(OC=O)CC[C@]4(C)[C@H]3CC(OC=O)[C@]12C. The van der Waals surface area contributed by atoms with Crippen LogP contribution in [0.25, 0.3) is 0 Å². The van der Waals surface area contributed by atoms with Gasteiger partial charge in [0, 0.05) is 99.7 Å². The van der Waals surface area contributed by atoms with Crippen LogP contribution in [0.3, 0.4) is 0 Å². The highest BCUT2D eigenvalue weighted by molar-refractivity contribution is 7.86. The van der Waals surface area contributed by atoms with Crippen LogP contribution < -0.4 is 0 Å². The summed E-state index contributed by atoms with van der Waals surface area (Å²) in [5.74, 6) is -12.2. The van der Waals surface area contributed by atoms with Crippen molar-refractivity contribution in [2.45, 2.75) is 349 Å². The number of carbonyl (C=O) groups excluding carboxylic acids is 12. The number of ether oxygens (including phenoxy) is 9. The molecular formula is C93H132F9O30S3-3. The lowest BCUT2D eigenvalue weighted by Gasteiger charge is -2.64. The molecule has 0 aliphatic heterocycles. The summed E-state index contributed by atoms with van der Waals surface area (Å²) in [6, 6.07) is 0. The van der Waals surface area contributed by atoms with Crippen LogP contribution in [-0.4, -0.2) is 201 Å². The van der Waals surface area contributed by atoms with Crippen LogP contribution in [0.5, 0.6) is 0 Å². The van der Waals surface area contributed by atoms with E-state index in [0.717, 1.165) is 25.7 Å². The van der Waals surface area contributed by atoms with Crippen LogP contribution in [0, 0.1) is 139 Å². The van der Waals surface area contributed by atoms with E-state index in [1.807, 2.05) is 34.6 Å². The molecule has 30 nitrogen and oxygen atoms in total. The minimum atomic E-state index is -5.37. The highest BCUT2D eigenvalue weighted by Crippen LogP contribution is 2.73. The first-order chi connectivity index (χ1) is 62.0. The molecule has 0 aromatic heterocycles. The quantitative estimate of drug-likeness (QED) is 0.0212. The molecule has 0 heterocycles. The van der Waals surface area contributed by atoms with E-state index in [0.29, 0.717) is 143 Å². The van der Waals surface area contributed by atoms with Crippen molar-refractivity contribution >= 4 is 103 Å². The van der Waals surface area contributed by atoms with Gasteiger partial charge in [0.05, 0.1) is 47.6 Å². The fraction of sp³-hybridized carbons (Fsp3) is 0.871. The topological polar surface area (TPSA) is 460 Å². The van der Waals surface area contributed by atoms with E-state index < -0.39 is 173 Å². The van der Waals surface area contributed by atoms with Gasteiger partial charge in [-0.3, -0.25) is 57.5 Å². The van der Waals surface area contributed by atoms with Crippen molar-refractivity contribution in [1.82, 2.24) is 0 Å². The van der Waals surface area contributed by atoms with Crippen molar-refractivity contribution in [2.24, 2.45) is 139 Å². The van der Waals surface area contributed by atoms with Crippen LogP contribution in [0.4, 0.5) is 39.5 Å². The first-order valence-corrected chi connectivity index (χ1v) is 51.7. The van der Waals surface area contributed by atoms with Gasteiger partial charge in [-0.2, -0.15) is 39.5 Å². The summed E-state index contributed by atoms with van der Waals surface area (Å²) in [7, 11) is -16.1. The van der Waals surface area contributed by atoms with Gasteiger partial charge in [-0.05, 0) is 254 Å². The van der Waals surface area contributed by atoms with Crippen LogP contribution in [0.15, 0.2) is 0 Å². The molecule has 135 heavy (non-hydrogen) atoms. The van der Waals surface area contributed by atoms with Gasteiger partial charge in [-0.1, -0.05) is 62.3 Å². The van der Waals surface area contributed by atoms with Crippen LogP contribution in [0.2, 0.25) is 0 Å². The zero-order valence-electron chi connectivity index (χ0n) is 79.2. The highest BCUT2D eigenvalue weighted by atomic mass is 32.2. The number of rotatable bonds is 30. The van der Waals surface area contributed by atoms with Crippen molar-refractivity contribution in [3.63, 3.8) is 0 Å². The molecule has 0 aromatic carbocycles. The van der Waals surface area contributed by atoms with E-state index in [1.165, 1.54) is 20.8 Å². The second kappa shape index (κ2) is 40.4. The van der Waals surface area contributed by atoms with Crippen molar-refractivity contribution in [3.05, 3.63) is 0 Å². The van der Waals surface area contributed by atoms with Gasteiger partial charge in [-0.15, -0.1) is 0 Å². The Bertz CT molecular complexity index is 4780. The molecule has 12 aliphatic carbocycles. The number of hydrogen-bond acceptors (Lipinski definition) is 30. The molecule has 42 heteroatoms. The highest BCUT2D eigenvalue weighted by Gasteiger charge is 2.72. The third kappa shape index (κ3) is 22.8. The molecule has 0 bridgehead atoms. The van der Waals surface area contributed by atoms with Gasteiger partial charge in [0.25, 0.3) is 19.4 Å². The fourth-order valence-corrected chi connectivity index (χ4v) is 32.0. The third-order valence-corrected chi connectivity index (χ3v) is 38.7. The maximum atomic E-state index is 13.8. The van der Waals surface area contributed by atoms with Crippen molar-refractivity contribution in [3.8, 4) is 0 Å². The summed E-state index contributed by atoms with van der Waals surface area (Å²) in [6.07, 6.45) is -6.52. The van der Waals surface area contributed by atoms with Crippen LogP contribution in [-0.2, 0) is 131 Å². The molecular weight excluding hydrogens is 1860 g/mol. The summed E-state index contributed by atoms with van der Waals surface area (Å²) in [4.78, 5) is 149. The second-order valence-corrected chi connectivity index (χ2v) is 47.8. The Balaban J connectivity index is 0.000000210. The Morgan fingerprint density at radius 1 is 0.422 bits per heavy atom. The summed E-state index contributed by atoms with van der Waals surface area (Å²) in [5.41, 5.74) is -13.1. The second-order valence-electron chi connectivity index (χ2n) is 43.6. The molecule has 0 amide bonds. The lowest BCUT2D eigenvalue weighted by Crippen LogP contribution is -2.63. The first kappa shape index (κ1) is 110. The molecule has 12 saturated carbocycles. The van der Waals surface area contributed by atoms with E-state index in [4.69, 9.17) is 28.4 Å². The number of alkyl halides is 9. The Kier molecular flexibility index (Phi) is 33.0. The van der Waals surface area contributed by atoms with Crippen molar-refractivity contribution in [2.75, 3.05) is 17.3 Å². The zero-order valence-corrected chi connectivity index (χ0v) is 81.6. The normalized spacial score (nSPS) is 38.5. The average Bonchev–Trinajstić information content (AvgIpc) is 1.59. The van der Waals surface area contributed by atoms with Gasteiger partial charge in [0.1, 0.15) is 54.0 Å².